The van der Waals surface area contributed by atoms with Crippen LogP contribution >= 0.6 is 15.9 Å². The summed E-state index contributed by atoms with van der Waals surface area (Å²) in [5.41, 5.74) is 1.82. The standard InChI is InChI=1S/C12H12BrN3O/c1-8(2)17-10-3-9(4-14-5-10)11-6-15-7-16-12(11)13/h3-8H,1-2H3. The molecule has 88 valence electrons. The van der Waals surface area contributed by atoms with Crippen LogP contribution in [0.15, 0.2) is 35.6 Å². The molecule has 0 amide bonds. The van der Waals surface area contributed by atoms with E-state index in [-0.39, 0.29) is 6.10 Å². The molecule has 5 heteroatoms. The molecule has 0 fully saturated rings. The number of hydrogen-bond acceptors (Lipinski definition) is 4. The Morgan fingerprint density at radius 3 is 2.71 bits per heavy atom. The summed E-state index contributed by atoms with van der Waals surface area (Å²) in [6.45, 7) is 3.96. The molecule has 0 saturated heterocycles. The maximum Gasteiger partial charge on any atom is 0.138 e. The Kier molecular flexibility index (Phi) is 3.68. The molecule has 0 aliphatic carbocycles. The zero-order chi connectivity index (χ0) is 12.3. The molecular formula is C12H12BrN3O. The first-order chi connectivity index (χ1) is 8.16. The molecular weight excluding hydrogens is 282 g/mol. The van der Waals surface area contributed by atoms with Crippen LogP contribution in [-0.4, -0.2) is 21.1 Å². The van der Waals surface area contributed by atoms with Crippen molar-refractivity contribution in [2.75, 3.05) is 0 Å². The number of hydrogen-bond donors (Lipinski definition) is 0. The maximum absolute atomic E-state index is 5.60. The van der Waals surface area contributed by atoms with E-state index >= 15 is 0 Å². The Morgan fingerprint density at radius 2 is 2.00 bits per heavy atom. The van der Waals surface area contributed by atoms with Gasteiger partial charge < -0.3 is 4.74 Å². The number of halogens is 1. The molecule has 0 aliphatic heterocycles. The molecule has 2 aromatic rings. The normalized spacial score (nSPS) is 10.6. The molecule has 0 saturated carbocycles. The first-order valence-electron chi connectivity index (χ1n) is 5.24. The van der Waals surface area contributed by atoms with Crippen molar-refractivity contribution in [1.29, 1.82) is 0 Å². The fourth-order valence-electron chi connectivity index (χ4n) is 1.41. The highest BCUT2D eigenvalue weighted by molar-refractivity contribution is 9.10. The van der Waals surface area contributed by atoms with Crippen molar-refractivity contribution in [3.05, 3.63) is 35.6 Å². The molecule has 17 heavy (non-hydrogen) atoms. The molecule has 0 aromatic carbocycles. The van der Waals surface area contributed by atoms with Crippen molar-refractivity contribution in [3.63, 3.8) is 0 Å². The molecule has 0 bridgehead atoms. The van der Waals surface area contributed by atoms with Gasteiger partial charge in [-0.2, -0.15) is 0 Å². The third-order valence-corrected chi connectivity index (χ3v) is 2.69. The minimum absolute atomic E-state index is 0.127. The molecule has 2 aromatic heterocycles. The average Bonchev–Trinajstić information content (AvgIpc) is 2.29. The number of aromatic nitrogens is 3. The molecule has 0 radical (unpaired) electrons. The van der Waals surface area contributed by atoms with E-state index < -0.39 is 0 Å². The van der Waals surface area contributed by atoms with Crippen molar-refractivity contribution in [1.82, 2.24) is 15.0 Å². The van der Waals surface area contributed by atoms with Crippen molar-refractivity contribution >= 4 is 15.9 Å². The summed E-state index contributed by atoms with van der Waals surface area (Å²) >= 11 is 3.39. The maximum atomic E-state index is 5.60. The second kappa shape index (κ2) is 5.23. The van der Waals surface area contributed by atoms with E-state index in [1.54, 1.807) is 18.6 Å². The largest absolute Gasteiger partial charge is 0.489 e. The van der Waals surface area contributed by atoms with Crippen molar-refractivity contribution in [2.45, 2.75) is 20.0 Å². The fraction of sp³-hybridized carbons (Fsp3) is 0.250. The van der Waals surface area contributed by atoms with Gasteiger partial charge in [-0.05, 0) is 35.8 Å². The molecule has 0 atom stereocenters. The predicted octanol–water partition coefficient (Wildman–Crippen LogP) is 3.09. The van der Waals surface area contributed by atoms with Gasteiger partial charge in [0.25, 0.3) is 0 Å². The molecule has 4 nitrogen and oxygen atoms in total. The van der Waals surface area contributed by atoms with Crippen LogP contribution in [0.3, 0.4) is 0 Å². The van der Waals surface area contributed by atoms with E-state index in [2.05, 4.69) is 30.9 Å². The highest BCUT2D eigenvalue weighted by Crippen LogP contribution is 2.27. The van der Waals surface area contributed by atoms with E-state index in [4.69, 9.17) is 4.74 Å². The summed E-state index contributed by atoms with van der Waals surface area (Å²) in [4.78, 5) is 12.2. The molecule has 0 spiro atoms. The van der Waals surface area contributed by atoms with E-state index in [9.17, 15) is 0 Å². The number of rotatable bonds is 3. The topological polar surface area (TPSA) is 47.9 Å². The first kappa shape index (κ1) is 12.0. The van der Waals surface area contributed by atoms with Gasteiger partial charge in [-0.3, -0.25) is 4.98 Å². The van der Waals surface area contributed by atoms with Gasteiger partial charge in [-0.25, -0.2) is 9.97 Å². The Balaban J connectivity index is 2.37. The van der Waals surface area contributed by atoms with Crippen LogP contribution < -0.4 is 4.74 Å². The highest BCUT2D eigenvalue weighted by atomic mass is 79.9. The van der Waals surface area contributed by atoms with Crippen molar-refractivity contribution in [2.24, 2.45) is 0 Å². The lowest BCUT2D eigenvalue weighted by Crippen LogP contribution is -2.05. The van der Waals surface area contributed by atoms with Crippen LogP contribution in [0.4, 0.5) is 0 Å². The molecule has 0 aliphatic rings. The van der Waals surface area contributed by atoms with Crippen LogP contribution in [-0.2, 0) is 0 Å². The molecule has 0 unspecified atom stereocenters. The summed E-state index contributed by atoms with van der Waals surface area (Å²) in [6, 6.07) is 1.93. The third-order valence-electron chi connectivity index (χ3n) is 2.06. The van der Waals surface area contributed by atoms with Crippen LogP contribution in [0.1, 0.15) is 13.8 Å². The van der Waals surface area contributed by atoms with Gasteiger partial charge >= 0.3 is 0 Å². The second-order valence-corrected chi connectivity index (χ2v) is 4.55. The van der Waals surface area contributed by atoms with E-state index in [0.29, 0.717) is 0 Å². The van der Waals surface area contributed by atoms with Crippen molar-refractivity contribution < 1.29 is 4.74 Å². The van der Waals surface area contributed by atoms with E-state index in [1.165, 1.54) is 6.33 Å². The number of pyridine rings is 1. The lowest BCUT2D eigenvalue weighted by molar-refractivity contribution is 0.241. The molecule has 2 rings (SSSR count). The van der Waals surface area contributed by atoms with Crippen LogP contribution in [0.25, 0.3) is 11.1 Å². The summed E-state index contributed by atoms with van der Waals surface area (Å²) < 4.78 is 6.34. The zero-order valence-electron chi connectivity index (χ0n) is 9.59. The first-order valence-corrected chi connectivity index (χ1v) is 6.03. The highest BCUT2D eigenvalue weighted by Gasteiger charge is 2.06. The van der Waals surface area contributed by atoms with Crippen LogP contribution in [0.5, 0.6) is 5.75 Å². The van der Waals surface area contributed by atoms with Gasteiger partial charge in [-0.1, -0.05) is 0 Å². The van der Waals surface area contributed by atoms with Gasteiger partial charge in [0.15, 0.2) is 0 Å². The van der Waals surface area contributed by atoms with Gasteiger partial charge in [0.2, 0.25) is 0 Å². The molecule has 2 heterocycles. The minimum Gasteiger partial charge on any atom is -0.489 e. The lowest BCUT2D eigenvalue weighted by Gasteiger charge is -2.10. The summed E-state index contributed by atoms with van der Waals surface area (Å²) in [6.07, 6.45) is 6.82. The Morgan fingerprint density at radius 1 is 1.18 bits per heavy atom. The Hall–Kier alpha value is -1.49. The smallest absolute Gasteiger partial charge is 0.138 e. The third kappa shape index (κ3) is 3.00. The number of nitrogens with zero attached hydrogens (tertiary/aromatic N) is 3. The number of ether oxygens (including phenoxy) is 1. The Bertz CT molecular complexity index is 517. The van der Waals surface area contributed by atoms with Gasteiger partial charge in [0, 0.05) is 23.5 Å². The quantitative estimate of drug-likeness (QED) is 0.816. The van der Waals surface area contributed by atoms with Crippen LogP contribution in [0.2, 0.25) is 0 Å². The van der Waals surface area contributed by atoms with Gasteiger partial charge in [-0.15, -0.1) is 0 Å². The van der Waals surface area contributed by atoms with Crippen molar-refractivity contribution in [3.8, 4) is 16.9 Å². The minimum atomic E-state index is 0.127. The van der Waals surface area contributed by atoms with E-state index in [0.717, 1.165) is 21.5 Å². The van der Waals surface area contributed by atoms with Crippen LogP contribution in [0, 0.1) is 0 Å². The second-order valence-electron chi connectivity index (χ2n) is 3.80. The van der Waals surface area contributed by atoms with Gasteiger partial charge in [0.1, 0.15) is 16.7 Å². The molecule has 0 N–H and O–H groups in total. The van der Waals surface area contributed by atoms with E-state index in [1.807, 2.05) is 19.9 Å². The fourth-order valence-corrected chi connectivity index (χ4v) is 1.83. The Labute approximate surface area is 108 Å². The monoisotopic (exact) mass is 293 g/mol. The summed E-state index contributed by atoms with van der Waals surface area (Å²) in [5.74, 6) is 0.744. The lowest BCUT2D eigenvalue weighted by atomic mass is 10.1. The predicted molar refractivity (Wildman–Crippen MR) is 68.7 cm³/mol. The zero-order valence-corrected chi connectivity index (χ0v) is 11.2. The SMILES string of the molecule is CC(C)Oc1cncc(-c2cncnc2Br)c1. The average molecular weight is 294 g/mol. The summed E-state index contributed by atoms with van der Waals surface area (Å²) in [7, 11) is 0. The summed E-state index contributed by atoms with van der Waals surface area (Å²) in [5, 5.41) is 0. The van der Waals surface area contributed by atoms with Gasteiger partial charge in [0.05, 0.1) is 12.3 Å².